The van der Waals surface area contributed by atoms with Crippen molar-refractivity contribution in [3.63, 3.8) is 0 Å². The molecule has 4 aliphatic rings. The van der Waals surface area contributed by atoms with Gasteiger partial charge in [-0.25, -0.2) is 4.98 Å². The normalized spacial score (nSPS) is 46.8. The van der Waals surface area contributed by atoms with Crippen molar-refractivity contribution in [3.05, 3.63) is 30.9 Å². The predicted octanol–water partition coefficient (Wildman–Crippen LogP) is 5.72. The van der Waals surface area contributed by atoms with Crippen LogP contribution >= 0.6 is 0 Å². The summed E-state index contributed by atoms with van der Waals surface area (Å²) in [5.41, 5.74) is 1.62. The third kappa shape index (κ3) is 3.44. The molecule has 1 aromatic rings. The Balaban J connectivity index is 0.00000245. The van der Waals surface area contributed by atoms with Crippen LogP contribution in [-0.2, 0) is 11.3 Å². The Morgan fingerprint density at radius 1 is 1.13 bits per heavy atom. The lowest BCUT2D eigenvalue weighted by Crippen LogP contribution is -2.56. The van der Waals surface area contributed by atoms with E-state index in [1.807, 2.05) is 12.5 Å². The van der Waals surface area contributed by atoms with Crippen molar-refractivity contribution in [1.29, 1.82) is 0 Å². The highest BCUT2D eigenvalue weighted by Gasteiger charge is 2.61. The summed E-state index contributed by atoms with van der Waals surface area (Å²) >= 11 is 0. The number of nitrogens with zero attached hydrogens (tertiary/aromatic N) is 2. The van der Waals surface area contributed by atoms with Crippen LogP contribution in [0.1, 0.15) is 73.1 Å². The first-order valence-electron chi connectivity index (χ1n) is 12.6. The second kappa shape index (κ2) is 7.73. The van der Waals surface area contributed by atoms with Gasteiger partial charge in [-0.1, -0.05) is 26.0 Å². The first-order chi connectivity index (χ1) is 14.8. The van der Waals surface area contributed by atoms with E-state index in [9.17, 15) is 5.11 Å². The highest BCUT2D eigenvalue weighted by atomic mass is 16.5. The summed E-state index contributed by atoms with van der Waals surface area (Å²) in [5, 5.41) is 11.1. The van der Waals surface area contributed by atoms with Crippen LogP contribution in [0.3, 0.4) is 0 Å². The number of hydrogen-bond acceptors (Lipinski definition) is 3. The van der Waals surface area contributed by atoms with Crippen molar-refractivity contribution in [2.24, 2.45) is 40.4 Å². The molecule has 4 fully saturated rings. The minimum Gasteiger partial charge on any atom is -0.387 e. The fraction of sp³-hybridized carbons (Fsp3) is 0.815. The molecule has 0 radical (unpaired) electrons. The van der Waals surface area contributed by atoms with E-state index >= 15 is 0 Å². The van der Waals surface area contributed by atoms with E-state index in [4.69, 9.17) is 4.74 Å². The molecular weight excluding hydrogens is 384 g/mol. The molecule has 0 amide bonds. The molecule has 4 heteroatoms. The van der Waals surface area contributed by atoms with Crippen LogP contribution in [0.25, 0.3) is 0 Å². The Labute approximate surface area is 190 Å². The summed E-state index contributed by atoms with van der Waals surface area (Å²) in [6.07, 6.45) is 16.9. The van der Waals surface area contributed by atoms with E-state index in [1.54, 1.807) is 7.11 Å². The van der Waals surface area contributed by atoms with Gasteiger partial charge >= 0.3 is 0 Å². The highest BCUT2D eigenvalue weighted by Crippen LogP contribution is 2.68. The molecule has 174 valence electrons. The summed E-state index contributed by atoms with van der Waals surface area (Å²) in [5.74, 6) is 3.83. The number of hydrogen-bond donors (Lipinski definition) is 1. The van der Waals surface area contributed by atoms with E-state index in [0.717, 1.165) is 37.1 Å². The van der Waals surface area contributed by atoms with Crippen molar-refractivity contribution < 1.29 is 11.3 Å². The monoisotopic (exact) mass is 428 g/mol. The molecule has 4 saturated carbocycles. The van der Waals surface area contributed by atoms with Gasteiger partial charge in [0.15, 0.2) is 0 Å². The number of aliphatic hydroxyl groups is 1. The van der Waals surface area contributed by atoms with E-state index in [0.29, 0.717) is 29.3 Å². The van der Waals surface area contributed by atoms with Crippen LogP contribution in [0.15, 0.2) is 30.9 Å². The zero-order valence-corrected chi connectivity index (χ0v) is 19.9. The van der Waals surface area contributed by atoms with Gasteiger partial charge in [-0.3, -0.25) is 0 Å². The molecule has 31 heavy (non-hydrogen) atoms. The number of fused-ring (bicyclic) bond motifs is 5. The molecule has 1 heterocycles. The van der Waals surface area contributed by atoms with Gasteiger partial charge in [0, 0.05) is 27.5 Å². The van der Waals surface area contributed by atoms with Gasteiger partial charge in [0.25, 0.3) is 0 Å². The number of rotatable bonds is 5. The summed E-state index contributed by atoms with van der Waals surface area (Å²) in [7, 11) is 1.72. The zero-order chi connectivity index (χ0) is 21.9. The van der Waals surface area contributed by atoms with Gasteiger partial charge in [-0.05, 0) is 98.2 Å². The number of aromatic nitrogens is 2. The number of imidazole rings is 1. The van der Waals surface area contributed by atoms with Crippen LogP contribution in [-0.4, -0.2) is 34.0 Å². The van der Waals surface area contributed by atoms with Gasteiger partial charge in [0.05, 0.1) is 18.5 Å². The van der Waals surface area contributed by atoms with Crippen molar-refractivity contribution in [2.45, 2.75) is 83.8 Å². The zero-order valence-electron chi connectivity index (χ0n) is 19.9. The Bertz CT molecular complexity index is 813. The second-order valence-electron chi connectivity index (χ2n) is 12.1. The van der Waals surface area contributed by atoms with Crippen LogP contribution < -0.4 is 0 Å². The second-order valence-corrected chi connectivity index (χ2v) is 12.1. The average molecular weight is 429 g/mol. The van der Waals surface area contributed by atoms with E-state index in [2.05, 4.69) is 36.2 Å². The lowest BCUT2D eigenvalue weighted by Gasteiger charge is -2.62. The Morgan fingerprint density at radius 3 is 2.68 bits per heavy atom. The number of methoxy groups -OCH3 is 1. The van der Waals surface area contributed by atoms with Gasteiger partial charge in [-0.2, -0.15) is 0 Å². The molecule has 0 saturated heterocycles. The van der Waals surface area contributed by atoms with E-state index < -0.39 is 5.60 Å². The molecule has 0 aromatic carbocycles. The topological polar surface area (TPSA) is 47.3 Å². The molecule has 5 rings (SSSR count). The lowest BCUT2D eigenvalue weighted by atomic mass is 9.43. The van der Waals surface area contributed by atoms with Gasteiger partial charge in [-0.15, -0.1) is 0 Å². The molecular formula is C27H44N2O2. The van der Waals surface area contributed by atoms with Gasteiger partial charge in [0.1, 0.15) is 0 Å². The minimum absolute atomic E-state index is 0. The maximum atomic E-state index is 11.1. The van der Waals surface area contributed by atoms with E-state index in [-0.39, 0.29) is 1.43 Å². The summed E-state index contributed by atoms with van der Waals surface area (Å²) < 4.78 is 7.56. The first-order valence-corrected chi connectivity index (χ1v) is 12.6. The van der Waals surface area contributed by atoms with Crippen LogP contribution in [0.2, 0.25) is 0 Å². The third-order valence-electron chi connectivity index (χ3n) is 10.7. The molecule has 4 aliphatic carbocycles. The lowest BCUT2D eigenvalue weighted by molar-refractivity contribution is -0.161. The Hall–Kier alpha value is -1.13. The maximum Gasteiger partial charge on any atom is 0.0948 e. The standard InChI is InChI=1S/C27H42N2O2.H2/c1-19(16-29-14-13-28-18-29)22-7-8-23-21-6-5-20-15-27(30,17-31-4)12-11-25(20,2)24(21)9-10-26(22,23)3;/h13-14,18,20-24,30H,1,5-12,15-17H2,2-4H3;1H/t20-,21-,22+,23-,24-,25-,26+,27+;/m0./s1. The molecule has 0 unspecified atom stereocenters. The molecule has 1 N–H and O–H groups in total. The molecule has 0 spiro atoms. The average Bonchev–Trinajstić information content (AvgIpc) is 3.35. The third-order valence-corrected chi connectivity index (χ3v) is 10.7. The van der Waals surface area contributed by atoms with Crippen molar-refractivity contribution in [2.75, 3.05) is 13.7 Å². The first kappa shape index (κ1) is 21.7. The molecule has 4 nitrogen and oxygen atoms in total. The molecule has 8 atom stereocenters. The highest BCUT2D eigenvalue weighted by molar-refractivity contribution is 5.17. The Morgan fingerprint density at radius 2 is 1.94 bits per heavy atom. The van der Waals surface area contributed by atoms with Crippen molar-refractivity contribution >= 4 is 0 Å². The fourth-order valence-corrected chi connectivity index (χ4v) is 9.12. The molecule has 0 aliphatic heterocycles. The summed E-state index contributed by atoms with van der Waals surface area (Å²) in [4.78, 5) is 4.22. The largest absolute Gasteiger partial charge is 0.387 e. The van der Waals surface area contributed by atoms with Crippen LogP contribution in [0.4, 0.5) is 0 Å². The number of ether oxygens (including phenoxy) is 1. The minimum atomic E-state index is -0.599. The summed E-state index contributed by atoms with van der Waals surface area (Å²) in [6.45, 7) is 11.2. The van der Waals surface area contributed by atoms with Crippen LogP contribution in [0.5, 0.6) is 0 Å². The quantitative estimate of drug-likeness (QED) is 0.610. The van der Waals surface area contributed by atoms with E-state index in [1.165, 1.54) is 50.5 Å². The molecule has 1 aromatic heterocycles. The summed E-state index contributed by atoms with van der Waals surface area (Å²) in [6, 6.07) is 0. The van der Waals surface area contributed by atoms with Crippen LogP contribution in [0, 0.1) is 40.4 Å². The molecule has 0 bridgehead atoms. The smallest absolute Gasteiger partial charge is 0.0948 e. The maximum absolute atomic E-state index is 11.1. The Kier molecular flexibility index (Phi) is 5.41. The SMILES string of the molecule is C=C(Cn1ccnc1)[C@H]1CC[C@H]2[C@@H]3CC[C@H]4C[C@@](O)(COC)CC[C@]4(C)[C@H]3CC[C@]12C.[HH]. The fourth-order valence-electron chi connectivity index (χ4n) is 9.12. The van der Waals surface area contributed by atoms with Crippen molar-refractivity contribution in [1.82, 2.24) is 9.55 Å². The van der Waals surface area contributed by atoms with Gasteiger partial charge < -0.3 is 14.4 Å². The number of allylic oxidation sites excluding steroid dienone is 1. The predicted molar refractivity (Wildman–Crippen MR) is 126 cm³/mol. The van der Waals surface area contributed by atoms with Gasteiger partial charge in [0.2, 0.25) is 0 Å². The van der Waals surface area contributed by atoms with Crippen molar-refractivity contribution in [3.8, 4) is 0 Å².